The van der Waals surface area contributed by atoms with Crippen LogP contribution in [0.15, 0.2) is 48.5 Å². The number of nitrogens with one attached hydrogen (secondary N) is 1. The normalized spacial score (nSPS) is 10.3. The highest BCUT2D eigenvalue weighted by Gasteiger charge is 2.06. The van der Waals surface area contributed by atoms with Crippen LogP contribution < -0.4 is 5.32 Å². The van der Waals surface area contributed by atoms with Crippen LogP contribution in [0.2, 0.25) is 0 Å². The maximum Gasteiger partial charge on any atom is 0.255 e. The number of carbonyl (C=O) groups excluding carboxylic acids is 1. The predicted octanol–water partition coefficient (Wildman–Crippen LogP) is 4.25. The first kappa shape index (κ1) is 14.5. The van der Waals surface area contributed by atoms with Gasteiger partial charge >= 0.3 is 0 Å². The van der Waals surface area contributed by atoms with Gasteiger partial charge < -0.3 is 5.32 Å². The van der Waals surface area contributed by atoms with Gasteiger partial charge in [-0.2, -0.15) is 0 Å². The van der Waals surface area contributed by atoms with E-state index < -0.39 is 0 Å². The number of aryl methyl sites for hydroxylation is 1. The zero-order valence-electron chi connectivity index (χ0n) is 10.9. The van der Waals surface area contributed by atoms with Crippen molar-refractivity contribution in [3.63, 3.8) is 0 Å². The van der Waals surface area contributed by atoms with Crippen molar-refractivity contribution in [2.24, 2.45) is 0 Å². The Bertz CT molecular complexity index is 583. The number of hydrogen-bond acceptors (Lipinski definition) is 1. The minimum Gasteiger partial charge on any atom is -0.322 e. The predicted molar refractivity (Wildman–Crippen MR) is 79.8 cm³/mol. The molecule has 20 heavy (non-hydrogen) atoms. The highest BCUT2D eigenvalue weighted by molar-refractivity contribution is 6.17. The maximum atomic E-state index is 12.8. The molecule has 0 aliphatic carbocycles. The summed E-state index contributed by atoms with van der Waals surface area (Å²) in [4.78, 5) is 12.0. The first-order valence-electron chi connectivity index (χ1n) is 6.41. The van der Waals surface area contributed by atoms with Gasteiger partial charge in [0, 0.05) is 17.1 Å². The van der Waals surface area contributed by atoms with Crippen LogP contribution in [0, 0.1) is 5.82 Å². The molecule has 0 heterocycles. The summed E-state index contributed by atoms with van der Waals surface area (Å²) in [6.07, 6.45) is 1.78. The molecule has 0 unspecified atom stereocenters. The lowest BCUT2D eigenvalue weighted by atomic mass is 10.1. The van der Waals surface area contributed by atoms with Crippen LogP contribution in [0.4, 0.5) is 10.1 Å². The van der Waals surface area contributed by atoms with Gasteiger partial charge in [0.1, 0.15) is 5.82 Å². The molecule has 4 heteroatoms. The Morgan fingerprint density at radius 3 is 2.60 bits per heavy atom. The van der Waals surface area contributed by atoms with E-state index in [4.69, 9.17) is 11.6 Å². The van der Waals surface area contributed by atoms with Crippen LogP contribution in [0.25, 0.3) is 0 Å². The molecule has 0 aliphatic rings. The molecule has 2 aromatic carbocycles. The standard InChI is InChI=1S/C16H15ClFNO/c17-10-2-4-12-3-1-5-15(11-12)19-16(20)13-6-8-14(18)9-7-13/h1,3,5-9,11H,2,4,10H2,(H,19,20). The van der Waals surface area contributed by atoms with E-state index in [1.165, 1.54) is 24.3 Å². The third-order valence-corrected chi connectivity index (χ3v) is 3.16. The Morgan fingerprint density at radius 2 is 1.90 bits per heavy atom. The van der Waals surface area contributed by atoms with Gasteiger partial charge in [0.15, 0.2) is 0 Å². The van der Waals surface area contributed by atoms with E-state index in [2.05, 4.69) is 5.32 Å². The summed E-state index contributed by atoms with van der Waals surface area (Å²) in [5, 5.41) is 2.80. The monoisotopic (exact) mass is 291 g/mol. The average molecular weight is 292 g/mol. The topological polar surface area (TPSA) is 29.1 Å². The Labute approximate surface area is 122 Å². The fraction of sp³-hybridized carbons (Fsp3) is 0.188. The number of rotatable bonds is 5. The minimum atomic E-state index is -0.357. The molecule has 0 aliphatic heterocycles. The third-order valence-electron chi connectivity index (χ3n) is 2.89. The molecule has 2 nitrogen and oxygen atoms in total. The summed E-state index contributed by atoms with van der Waals surface area (Å²) in [6, 6.07) is 13.1. The summed E-state index contributed by atoms with van der Waals surface area (Å²) in [6.45, 7) is 0. The van der Waals surface area contributed by atoms with Crippen molar-refractivity contribution in [1.82, 2.24) is 0 Å². The lowest BCUT2D eigenvalue weighted by Gasteiger charge is -2.07. The highest BCUT2D eigenvalue weighted by Crippen LogP contribution is 2.14. The maximum absolute atomic E-state index is 12.8. The number of anilines is 1. The molecule has 0 fully saturated rings. The smallest absolute Gasteiger partial charge is 0.255 e. The van der Waals surface area contributed by atoms with Gasteiger partial charge in [0.2, 0.25) is 0 Å². The Balaban J connectivity index is 2.05. The zero-order valence-corrected chi connectivity index (χ0v) is 11.7. The van der Waals surface area contributed by atoms with Crippen molar-refractivity contribution in [2.75, 3.05) is 11.2 Å². The van der Waals surface area contributed by atoms with Gasteiger partial charge in [0.05, 0.1) is 0 Å². The second kappa shape index (κ2) is 7.06. The number of carbonyl (C=O) groups is 1. The van der Waals surface area contributed by atoms with Crippen LogP contribution in [-0.2, 0) is 6.42 Å². The summed E-state index contributed by atoms with van der Waals surface area (Å²) < 4.78 is 12.8. The van der Waals surface area contributed by atoms with Gasteiger partial charge in [-0.25, -0.2) is 4.39 Å². The van der Waals surface area contributed by atoms with Gasteiger partial charge in [-0.3, -0.25) is 4.79 Å². The van der Waals surface area contributed by atoms with Crippen LogP contribution in [0.5, 0.6) is 0 Å². The first-order chi connectivity index (χ1) is 9.69. The summed E-state index contributed by atoms with van der Waals surface area (Å²) in [7, 11) is 0. The van der Waals surface area contributed by atoms with Gasteiger partial charge in [0.25, 0.3) is 5.91 Å². The molecule has 1 N–H and O–H groups in total. The Morgan fingerprint density at radius 1 is 1.15 bits per heavy atom. The second-order valence-corrected chi connectivity index (χ2v) is 4.83. The Hall–Kier alpha value is -1.87. The van der Waals surface area contributed by atoms with E-state index in [-0.39, 0.29) is 11.7 Å². The molecule has 0 spiro atoms. The number of hydrogen-bond donors (Lipinski definition) is 1. The van der Waals surface area contributed by atoms with E-state index in [0.29, 0.717) is 11.4 Å². The number of amides is 1. The second-order valence-electron chi connectivity index (χ2n) is 4.45. The molecule has 2 rings (SSSR count). The van der Waals surface area contributed by atoms with Crippen molar-refractivity contribution in [2.45, 2.75) is 12.8 Å². The van der Waals surface area contributed by atoms with E-state index >= 15 is 0 Å². The first-order valence-corrected chi connectivity index (χ1v) is 6.94. The molecule has 0 saturated heterocycles. The van der Waals surface area contributed by atoms with Crippen molar-refractivity contribution in [3.05, 3.63) is 65.5 Å². The van der Waals surface area contributed by atoms with Crippen molar-refractivity contribution < 1.29 is 9.18 Å². The van der Waals surface area contributed by atoms with E-state index in [0.717, 1.165) is 24.1 Å². The minimum absolute atomic E-state index is 0.250. The van der Waals surface area contributed by atoms with Crippen molar-refractivity contribution >= 4 is 23.2 Å². The van der Waals surface area contributed by atoms with Gasteiger partial charge in [-0.15, -0.1) is 11.6 Å². The molecule has 0 radical (unpaired) electrons. The molecule has 0 saturated carbocycles. The highest BCUT2D eigenvalue weighted by atomic mass is 35.5. The summed E-state index contributed by atoms with van der Waals surface area (Å²) in [5.74, 6) is 0.00993. The zero-order chi connectivity index (χ0) is 14.4. The molecule has 2 aromatic rings. The van der Waals surface area contributed by atoms with Crippen molar-refractivity contribution in [3.8, 4) is 0 Å². The van der Waals surface area contributed by atoms with Crippen LogP contribution >= 0.6 is 11.6 Å². The molecule has 0 aromatic heterocycles. The van der Waals surface area contributed by atoms with Gasteiger partial charge in [-0.1, -0.05) is 12.1 Å². The lowest BCUT2D eigenvalue weighted by molar-refractivity contribution is 0.102. The van der Waals surface area contributed by atoms with E-state index in [1.54, 1.807) is 0 Å². The fourth-order valence-corrected chi connectivity index (χ4v) is 2.01. The number of halogens is 2. The van der Waals surface area contributed by atoms with Crippen molar-refractivity contribution in [1.29, 1.82) is 0 Å². The average Bonchev–Trinajstić information content (AvgIpc) is 2.46. The van der Waals surface area contributed by atoms with Crippen LogP contribution in [0.1, 0.15) is 22.3 Å². The Kier molecular flexibility index (Phi) is 5.13. The van der Waals surface area contributed by atoms with E-state index in [9.17, 15) is 9.18 Å². The third kappa shape index (κ3) is 4.07. The molecular weight excluding hydrogens is 277 g/mol. The van der Waals surface area contributed by atoms with Crippen LogP contribution in [-0.4, -0.2) is 11.8 Å². The molecule has 104 valence electrons. The molecule has 0 bridgehead atoms. The number of alkyl halides is 1. The fourth-order valence-electron chi connectivity index (χ4n) is 1.88. The van der Waals surface area contributed by atoms with E-state index in [1.807, 2.05) is 24.3 Å². The summed E-state index contributed by atoms with van der Waals surface area (Å²) >= 11 is 5.67. The molecule has 1 amide bonds. The number of benzene rings is 2. The largest absolute Gasteiger partial charge is 0.322 e. The summed E-state index contributed by atoms with van der Waals surface area (Å²) in [5.41, 5.74) is 2.28. The lowest BCUT2D eigenvalue weighted by Crippen LogP contribution is -2.11. The SMILES string of the molecule is O=C(Nc1cccc(CCCCl)c1)c1ccc(F)cc1. The van der Waals surface area contributed by atoms with Crippen LogP contribution in [0.3, 0.4) is 0 Å². The van der Waals surface area contributed by atoms with Gasteiger partial charge in [-0.05, 0) is 54.8 Å². The molecular formula is C16H15ClFNO. The molecule has 0 atom stereocenters. The quantitative estimate of drug-likeness (QED) is 0.820.